The van der Waals surface area contributed by atoms with Gasteiger partial charge in [-0.15, -0.1) is 0 Å². The zero-order valence-electron chi connectivity index (χ0n) is 15.6. The normalized spacial score (nSPS) is 18.7. The van der Waals surface area contributed by atoms with Gasteiger partial charge in [-0.25, -0.2) is 0 Å². The number of hydrogen-bond acceptors (Lipinski definition) is 6. The Labute approximate surface area is 167 Å². The van der Waals surface area contributed by atoms with E-state index in [0.717, 1.165) is 16.0 Å². The van der Waals surface area contributed by atoms with E-state index < -0.39 is 29.7 Å². The highest BCUT2D eigenvalue weighted by molar-refractivity contribution is 6.25. The zero-order chi connectivity index (χ0) is 20.5. The molecule has 2 aromatic rings. The second-order valence-electron chi connectivity index (χ2n) is 7.05. The van der Waals surface area contributed by atoms with Crippen molar-refractivity contribution in [2.24, 2.45) is 5.73 Å². The van der Waals surface area contributed by atoms with E-state index >= 15 is 0 Å². The summed E-state index contributed by atoms with van der Waals surface area (Å²) in [4.78, 5) is 50.4. The maximum Gasteiger partial charge on any atom is 0.264 e. The quantitative estimate of drug-likeness (QED) is 0.657. The molecule has 148 valence electrons. The first kappa shape index (κ1) is 18.8. The molecular weight excluding hydrogens is 372 g/mol. The van der Waals surface area contributed by atoms with Crippen molar-refractivity contribution in [3.05, 3.63) is 64.7 Å². The molecule has 2 aliphatic rings. The molecule has 8 heteroatoms. The molecule has 1 atom stereocenters. The number of fused-ring (bicyclic) bond motifs is 1. The molecule has 1 saturated heterocycles. The molecule has 2 aromatic carbocycles. The number of carbonyl (C=O) groups excluding carboxylic acids is 4. The number of nitrogens with zero attached hydrogens (tertiary/aromatic N) is 1. The van der Waals surface area contributed by atoms with Crippen LogP contribution in [0.15, 0.2) is 42.5 Å². The van der Waals surface area contributed by atoms with Gasteiger partial charge in [-0.2, -0.15) is 0 Å². The monoisotopic (exact) mass is 392 g/mol. The Morgan fingerprint density at radius 2 is 1.72 bits per heavy atom. The minimum Gasteiger partial charge on any atom is -0.380 e. The molecule has 8 nitrogen and oxygen atoms in total. The van der Waals surface area contributed by atoms with Gasteiger partial charge >= 0.3 is 0 Å². The Bertz CT molecular complexity index is 1020. The van der Waals surface area contributed by atoms with E-state index in [2.05, 4.69) is 10.6 Å². The Morgan fingerprint density at radius 3 is 2.41 bits per heavy atom. The number of anilines is 1. The van der Waals surface area contributed by atoms with Crippen molar-refractivity contribution < 1.29 is 19.2 Å². The summed E-state index contributed by atoms with van der Waals surface area (Å²) in [7, 11) is 0. The molecule has 4 rings (SSSR count). The second-order valence-corrected chi connectivity index (χ2v) is 7.05. The predicted octanol–water partition coefficient (Wildman–Crippen LogP) is 1.16. The van der Waals surface area contributed by atoms with Crippen molar-refractivity contribution >= 4 is 29.3 Å². The van der Waals surface area contributed by atoms with Crippen LogP contribution in [0.4, 0.5) is 5.69 Å². The van der Waals surface area contributed by atoms with Crippen LogP contribution in [-0.2, 0) is 22.7 Å². The molecule has 29 heavy (non-hydrogen) atoms. The van der Waals surface area contributed by atoms with E-state index in [1.54, 1.807) is 18.2 Å². The van der Waals surface area contributed by atoms with Crippen LogP contribution in [0.3, 0.4) is 0 Å². The van der Waals surface area contributed by atoms with Gasteiger partial charge in [0.1, 0.15) is 6.04 Å². The van der Waals surface area contributed by atoms with Crippen LogP contribution < -0.4 is 16.4 Å². The van der Waals surface area contributed by atoms with Crippen LogP contribution >= 0.6 is 0 Å². The van der Waals surface area contributed by atoms with Crippen molar-refractivity contribution in [1.29, 1.82) is 0 Å². The SMILES string of the molecule is NCc1ccc(CNc2cccc3c2C(=O)N([C@@H]2CCC(=O)NC2=O)C3=O)cc1. The van der Waals surface area contributed by atoms with Gasteiger partial charge < -0.3 is 11.1 Å². The van der Waals surface area contributed by atoms with E-state index in [0.29, 0.717) is 18.8 Å². The maximum absolute atomic E-state index is 13.0. The van der Waals surface area contributed by atoms with Gasteiger partial charge in [0.05, 0.1) is 11.1 Å². The number of amides is 4. The maximum atomic E-state index is 13.0. The molecule has 0 aromatic heterocycles. The molecule has 4 N–H and O–H groups in total. The summed E-state index contributed by atoms with van der Waals surface area (Å²) >= 11 is 0. The Morgan fingerprint density at radius 1 is 1.00 bits per heavy atom. The average molecular weight is 392 g/mol. The standard InChI is InChI=1S/C21H20N4O4/c22-10-12-4-6-13(7-5-12)11-23-15-3-1-2-14-18(15)21(29)25(20(14)28)16-8-9-17(26)24-19(16)27/h1-7,16,23H,8-11,22H2,(H,24,26,27)/t16-/m1/s1. The third-order valence-electron chi connectivity index (χ3n) is 5.21. The molecule has 2 aliphatic heterocycles. The second kappa shape index (κ2) is 7.48. The van der Waals surface area contributed by atoms with Gasteiger partial charge in [-0.3, -0.25) is 29.4 Å². The fourth-order valence-corrected chi connectivity index (χ4v) is 3.65. The summed E-state index contributed by atoms with van der Waals surface area (Å²) in [6.07, 6.45) is 0.222. The van der Waals surface area contributed by atoms with Crippen LogP contribution in [0, 0.1) is 0 Å². The lowest BCUT2D eigenvalue weighted by Crippen LogP contribution is -2.54. The van der Waals surface area contributed by atoms with E-state index in [1.807, 2.05) is 24.3 Å². The molecule has 0 unspecified atom stereocenters. The van der Waals surface area contributed by atoms with Crippen molar-refractivity contribution in [2.75, 3.05) is 5.32 Å². The molecule has 4 amide bonds. The zero-order valence-corrected chi connectivity index (χ0v) is 15.6. The lowest BCUT2D eigenvalue weighted by Gasteiger charge is -2.27. The van der Waals surface area contributed by atoms with Crippen LogP contribution in [0.25, 0.3) is 0 Å². The molecule has 2 heterocycles. The minimum absolute atomic E-state index is 0.0910. The molecule has 0 spiro atoms. The summed E-state index contributed by atoms with van der Waals surface area (Å²) in [6.45, 7) is 0.924. The largest absolute Gasteiger partial charge is 0.380 e. The number of carbonyl (C=O) groups is 4. The Balaban J connectivity index is 1.57. The molecule has 0 radical (unpaired) electrons. The number of piperidine rings is 1. The number of nitrogens with two attached hydrogens (primary N) is 1. The van der Waals surface area contributed by atoms with Crippen molar-refractivity contribution in [3.63, 3.8) is 0 Å². The number of nitrogens with one attached hydrogen (secondary N) is 2. The minimum atomic E-state index is -0.975. The van der Waals surface area contributed by atoms with E-state index in [4.69, 9.17) is 5.73 Å². The number of hydrogen-bond donors (Lipinski definition) is 3. The lowest BCUT2D eigenvalue weighted by molar-refractivity contribution is -0.136. The molecular formula is C21H20N4O4. The Kier molecular flexibility index (Phi) is 4.85. The van der Waals surface area contributed by atoms with Gasteiger partial charge in [0.15, 0.2) is 0 Å². The van der Waals surface area contributed by atoms with Crippen LogP contribution in [0.5, 0.6) is 0 Å². The van der Waals surface area contributed by atoms with Gasteiger partial charge in [0.2, 0.25) is 11.8 Å². The molecule has 0 aliphatic carbocycles. The first-order valence-corrected chi connectivity index (χ1v) is 9.36. The number of benzene rings is 2. The Hall–Kier alpha value is -3.52. The van der Waals surface area contributed by atoms with Gasteiger partial charge in [0, 0.05) is 25.2 Å². The smallest absolute Gasteiger partial charge is 0.264 e. The summed E-state index contributed by atoms with van der Waals surface area (Å²) in [6, 6.07) is 11.8. The fraction of sp³-hybridized carbons (Fsp3) is 0.238. The van der Waals surface area contributed by atoms with Crippen molar-refractivity contribution in [1.82, 2.24) is 10.2 Å². The first-order valence-electron chi connectivity index (χ1n) is 9.36. The van der Waals surface area contributed by atoms with E-state index in [9.17, 15) is 19.2 Å². The molecule has 0 bridgehead atoms. The highest BCUT2D eigenvalue weighted by Crippen LogP contribution is 2.32. The van der Waals surface area contributed by atoms with Gasteiger partial charge in [-0.1, -0.05) is 30.3 Å². The third kappa shape index (κ3) is 3.38. The van der Waals surface area contributed by atoms with Crippen LogP contribution in [-0.4, -0.2) is 34.6 Å². The van der Waals surface area contributed by atoms with E-state index in [-0.39, 0.29) is 24.0 Å². The third-order valence-corrected chi connectivity index (χ3v) is 5.21. The van der Waals surface area contributed by atoms with Crippen molar-refractivity contribution in [2.45, 2.75) is 32.0 Å². The summed E-state index contributed by atoms with van der Waals surface area (Å²) in [5.41, 5.74) is 8.66. The van der Waals surface area contributed by atoms with Gasteiger partial charge in [-0.05, 0) is 29.7 Å². The topological polar surface area (TPSA) is 122 Å². The van der Waals surface area contributed by atoms with E-state index in [1.165, 1.54) is 0 Å². The average Bonchev–Trinajstić information content (AvgIpc) is 2.98. The summed E-state index contributed by atoms with van der Waals surface area (Å²) in [5, 5.41) is 5.40. The van der Waals surface area contributed by atoms with Crippen LogP contribution in [0.1, 0.15) is 44.7 Å². The molecule has 0 saturated carbocycles. The number of imide groups is 2. The summed E-state index contributed by atoms with van der Waals surface area (Å²) in [5.74, 6) is -2.06. The lowest BCUT2D eigenvalue weighted by atomic mass is 10.0. The van der Waals surface area contributed by atoms with Gasteiger partial charge in [0.25, 0.3) is 11.8 Å². The fourth-order valence-electron chi connectivity index (χ4n) is 3.65. The first-order chi connectivity index (χ1) is 14.0. The molecule has 1 fully saturated rings. The summed E-state index contributed by atoms with van der Waals surface area (Å²) < 4.78 is 0. The highest BCUT2D eigenvalue weighted by atomic mass is 16.2. The predicted molar refractivity (Wildman–Crippen MR) is 105 cm³/mol. The highest BCUT2D eigenvalue weighted by Gasteiger charge is 2.45. The van der Waals surface area contributed by atoms with Crippen LogP contribution in [0.2, 0.25) is 0 Å². The number of rotatable bonds is 5. The van der Waals surface area contributed by atoms with Crippen molar-refractivity contribution in [3.8, 4) is 0 Å².